The van der Waals surface area contributed by atoms with Crippen LogP contribution in [0.1, 0.15) is 27.7 Å². The predicted molar refractivity (Wildman–Crippen MR) is 152 cm³/mol. The quantitative estimate of drug-likeness (QED) is 0.247. The number of rotatable bonds is 2. The van der Waals surface area contributed by atoms with Gasteiger partial charge < -0.3 is 13.9 Å². The molecule has 1 aromatic heterocycles. The molecule has 1 fully saturated rings. The van der Waals surface area contributed by atoms with Gasteiger partial charge in [0.1, 0.15) is 0 Å². The van der Waals surface area contributed by atoms with Gasteiger partial charge >= 0.3 is 7.12 Å². The Bertz CT molecular complexity index is 1800. The van der Waals surface area contributed by atoms with Crippen molar-refractivity contribution in [2.75, 3.05) is 0 Å². The average Bonchev–Trinajstić information content (AvgIpc) is 3.30. The van der Waals surface area contributed by atoms with Gasteiger partial charge in [0.15, 0.2) is 0 Å². The first-order chi connectivity index (χ1) is 17.3. The van der Waals surface area contributed by atoms with E-state index in [2.05, 4.69) is 129 Å². The predicted octanol–water partition coefficient (Wildman–Crippen LogP) is 7.39. The van der Waals surface area contributed by atoms with E-state index in [9.17, 15) is 0 Å². The summed E-state index contributed by atoms with van der Waals surface area (Å²) in [6, 6.07) is 35.1. The minimum absolute atomic E-state index is 0.380. The summed E-state index contributed by atoms with van der Waals surface area (Å²) in [6.07, 6.45) is 0. The van der Waals surface area contributed by atoms with E-state index in [0.29, 0.717) is 0 Å². The van der Waals surface area contributed by atoms with Crippen molar-refractivity contribution in [3.05, 3.63) is 97.1 Å². The van der Waals surface area contributed by atoms with Crippen LogP contribution >= 0.6 is 0 Å². The maximum Gasteiger partial charge on any atom is 0.494 e. The number of benzene rings is 5. The SMILES string of the molecule is CC1(C)OB(c2ccc3c4cc5ccccc5cc4n(-c4ccc5ccccc5c4)c3c2)OC1(C)C. The van der Waals surface area contributed by atoms with Gasteiger partial charge in [0, 0.05) is 16.5 Å². The maximum absolute atomic E-state index is 6.41. The Labute approximate surface area is 211 Å². The topological polar surface area (TPSA) is 23.4 Å². The standard InChI is InChI=1S/C32H28BNO2/c1-31(2)32(3,4)36-33(35-31)25-14-16-27-28-18-23-11-7-8-12-24(23)19-29(28)34(30(27)20-25)26-15-13-21-9-5-6-10-22(21)17-26/h5-20H,1-4H3. The fourth-order valence-corrected chi connectivity index (χ4v) is 5.44. The van der Waals surface area contributed by atoms with E-state index in [0.717, 1.165) is 16.7 Å². The Morgan fingerprint density at radius 3 is 1.83 bits per heavy atom. The van der Waals surface area contributed by atoms with E-state index < -0.39 is 7.12 Å². The minimum atomic E-state index is -0.401. The van der Waals surface area contributed by atoms with E-state index in [1.807, 2.05) is 0 Å². The van der Waals surface area contributed by atoms with Gasteiger partial charge in [-0.05, 0) is 85.0 Å². The van der Waals surface area contributed by atoms with Crippen LogP contribution in [-0.4, -0.2) is 22.9 Å². The van der Waals surface area contributed by atoms with Crippen molar-refractivity contribution in [1.29, 1.82) is 0 Å². The van der Waals surface area contributed by atoms with Crippen molar-refractivity contribution < 1.29 is 9.31 Å². The number of nitrogens with zero attached hydrogens (tertiary/aromatic N) is 1. The number of aromatic nitrogens is 1. The molecule has 6 aromatic rings. The molecule has 0 amide bonds. The Kier molecular flexibility index (Phi) is 4.49. The fourth-order valence-electron chi connectivity index (χ4n) is 5.44. The zero-order valence-corrected chi connectivity index (χ0v) is 21.1. The molecule has 0 atom stereocenters. The molecule has 7 rings (SSSR count). The van der Waals surface area contributed by atoms with Crippen LogP contribution in [0.4, 0.5) is 0 Å². The summed E-state index contributed by atoms with van der Waals surface area (Å²) in [6.45, 7) is 8.40. The zero-order valence-electron chi connectivity index (χ0n) is 21.1. The van der Waals surface area contributed by atoms with Gasteiger partial charge in [0.2, 0.25) is 0 Å². The molecule has 5 aromatic carbocycles. The zero-order chi connectivity index (χ0) is 24.7. The van der Waals surface area contributed by atoms with Crippen LogP contribution in [0.2, 0.25) is 0 Å². The summed E-state index contributed by atoms with van der Waals surface area (Å²) in [5.41, 5.74) is 3.78. The molecule has 0 bridgehead atoms. The maximum atomic E-state index is 6.41. The largest absolute Gasteiger partial charge is 0.494 e. The highest BCUT2D eigenvalue weighted by Crippen LogP contribution is 2.38. The molecule has 0 N–H and O–H groups in total. The number of fused-ring (bicyclic) bond motifs is 5. The van der Waals surface area contributed by atoms with Gasteiger partial charge in [0.25, 0.3) is 0 Å². The second-order valence-electron chi connectivity index (χ2n) is 10.9. The normalized spacial score (nSPS) is 17.1. The Morgan fingerprint density at radius 2 is 1.14 bits per heavy atom. The first-order valence-electron chi connectivity index (χ1n) is 12.6. The van der Waals surface area contributed by atoms with E-state index in [1.54, 1.807) is 0 Å². The second kappa shape index (κ2) is 7.46. The molecule has 0 unspecified atom stereocenters. The Balaban J connectivity index is 1.52. The van der Waals surface area contributed by atoms with Crippen LogP contribution in [0.15, 0.2) is 97.1 Å². The van der Waals surface area contributed by atoms with Gasteiger partial charge in [-0.15, -0.1) is 0 Å². The lowest BCUT2D eigenvalue weighted by molar-refractivity contribution is 0.00578. The summed E-state index contributed by atoms with van der Waals surface area (Å²) in [7, 11) is -0.401. The molecule has 1 aliphatic rings. The molecular formula is C32H28BNO2. The van der Waals surface area contributed by atoms with Gasteiger partial charge in [-0.2, -0.15) is 0 Å². The Hall–Kier alpha value is -3.60. The van der Waals surface area contributed by atoms with E-state index in [-0.39, 0.29) is 11.2 Å². The van der Waals surface area contributed by atoms with Crippen molar-refractivity contribution in [3.8, 4) is 5.69 Å². The van der Waals surface area contributed by atoms with E-state index >= 15 is 0 Å². The number of hydrogen-bond acceptors (Lipinski definition) is 2. The van der Waals surface area contributed by atoms with Gasteiger partial charge in [-0.25, -0.2) is 0 Å². The van der Waals surface area contributed by atoms with Crippen LogP contribution in [0, 0.1) is 0 Å². The fraction of sp³-hybridized carbons (Fsp3) is 0.188. The third-order valence-electron chi connectivity index (χ3n) is 8.17. The summed E-state index contributed by atoms with van der Waals surface area (Å²) >= 11 is 0. The molecular weight excluding hydrogens is 441 g/mol. The number of hydrogen-bond donors (Lipinski definition) is 0. The summed E-state index contributed by atoms with van der Waals surface area (Å²) in [5, 5.41) is 7.43. The lowest BCUT2D eigenvalue weighted by Crippen LogP contribution is -2.41. The molecule has 1 saturated heterocycles. The van der Waals surface area contributed by atoms with Gasteiger partial charge in [-0.3, -0.25) is 0 Å². The molecule has 0 saturated carbocycles. The molecule has 3 nitrogen and oxygen atoms in total. The van der Waals surface area contributed by atoms with Crippen LogP contribution in [-0.2, 0) is 9.31 Å². The van der Waals surface area contributed by atoms with Gasteiger partial charge in [0.05, 0.1) is 22.2 Å². The average molecular weight is 469 g/mol. The second-order valence-corrected chi connectivity index (χ2v) is 10.9. The highest BCUT2D eigenvalue weighted by molar-refractivity contribution is 6.62. The van der Waals surface area contributed by atoms with Crippen LogP contribution in [0.3, 0.4) is 0 Å². The lowest BCUT2D eigenvalue weighted by atomic mass is 9.79. The first-order valence-corrected chi connectivity index (χ1v) is 12.6. The van der Waals surface area contributed by atoms with Crippen molar-refractivity contribution in [3.63, 3.8) is 0 Å². The molecule has 0 spiro atoms. The van der Waals surface area contributed by atoms with Crippen molar-refractivity contribution >= 4 is 55.9 Å². The van der Waals surface area contributed by atoms with Crippen LogP contribution in [0.25, 0.3) is 49.0 Å². The third kappa shape index (κ3) is 3.15. The molecule has 2 heterocycles. The highest BCUT2D eigenvalue weighted by atomic mass is 16.7. The van der Waals surface area contributed by atoms with Crippen molar-refractivity contribution in [2.45, 2.75) is 38.9 Å². The summed E-state index contributed by atoms with van der Waals surface area (Å²) in [4.78, 5) is 0. The molecule has 36 heavy (non-hydrogen) atoms. The molecule has 1 aliphatic heterocycles. The van der Waals surface area contributed by atoms with Crippen LogP contribution in [0.5, 0.6) is 0 Å². The summed E-state index contributed by atoms with van der Waals surface area (Å²) < 4.78 is 15.2. The van der Waals surface area contributed by atoms with E-state index in [1.165, 1.54) is 37.8 Å². The third-order valence-corrected chi connectivity index (χ3v) is 8.17. The monoisotopic (exact) mass is 469 g/mol. The van der Waals surface area contributed by atoms with E-state index in [4.69, 9.17) is 9.31 Å². The summed E-state index contributed by atoms with van der Waals surface area (Å²) in [5.74, 6) is 0. The smallest absolute Gasteiger partial charge is 0.399 e. The Morgan fingerprint density at radius 1 is 0.556 bits per heavy atom. The lowest BCUT2D eigenvalue weighted by Gasteiger charge is -2.32. The van der Waals surface area contributed by atoms with Crippen molar-refractivity contribution in [2.24, 2.45) is 0 Å². The van der Waals surface area contributed by atoms with Crippen molar-refractivity contribution in [1.82, 2.24) is 4.57 Å². The minimum Gasteiger partial charge on any atom is -0.399 e. The first kappa shape index (κ1) is 21.7. The highest BCUT2D eigenvalue weighted by Gasteiger charge is 2.51. The molecule has 176 valence electrons. The molecule has 0 radical (unpaired) electrons. The molecule has 0 aliphatic carbocycles. The van der Waals surface area contributed by atoms with Crippen LogP contribution < -0.4 is 5.46 Å². The molecule has 4 heteroatoms. The van der Waals surface area contributed by atoms with Gasteiger partial charge in [-0.1, -0.05) is 66.7 Å².